The van der Waals surface area contributed by atoms with Gasteiger partial charge in [-0.05, 0) is 37.5 Å². The summed E-state index contributed by atoms with van der Waals surface area (Å²) in [5, 5.41) is 3.66. The predicted molar refractivity (Wildman–Crippen MR) is 92.8 cm³/mol. The summed E-state index contributed by atoms with van der Waals surface area (Å²) in [6.45, 7) is 6.85. The number of ether oxygens (including phenoxy) is 2. The number of guanidine groups is 1. The molecule has 0 aromatic rings. The summed E-state index contributed by atoms with van der Waals surface area (Å²) in [6, 6.07) is 0. The summed E-state index contributed by atoms with van der Waals surface area (Å²) in [4.78, 5) is 6.89. The third-order valence-electron chi connectivity index (χ3n) is 6.02. The molecule has 2 saturated heterocycles. The number of morpholine rings is 1. The summed E-state index contributed by atoms with van der Waals surface area (Å²) < 4.78 is 11.8. The van der Waals surface area contributed by atoms with Crippen LogP contribution in [0.4, 0.5) is 0 Å². The lowest BCUT2D eigenvalue weighted by atomic mass is 9.83. The third-order valence-corrected chi connectivity index (χ3v) is 6.02. The second-order valence-corrected chi connectivity index (χ2v) is 7.37. The van der Waals surface area contributed by atoms with Gasteiger partial charge in [0.05, 0.1) is 12.7 Å². The number of nitrogens with one attached hydrogen (secondary N) is 1. The van der Waals surface area contributed by atoms with E-state index in [9.17, 15) is 0 Å². The quantitative estimate of drug-likeness (QED) is 0.637. The first-order chi connectivity index (χ1) is 11.3. The first-order valence-electron chi connectivity index (χ1n) is 9.45. The minimum Gasteiger partial charge on any atom is -0.375 e. The normalized spacial score (nSPS) is 31.6. The molecule has 3 fully saturated rings. The summed E-state index contributed by atoms with van der Waals surface area (Å²) in [5.41, 5.74) is 0.482. The number of rotatable bonds is 4. The Morgan fingerprint density at radius 1 is 1.17 bits per heavy atom. The molecule has 3 aliphatic rings. The summed E-state index contributed by atoms with van der Waals surface area (Å²) in [7, 11) is 1.89. The van der Waals surface area contributed by atoms with Crippen molar-refractivity contribution in [3.05, 3.63) is 0 Å². The molecule has 3 rings (SSSR count). The van der Waals surface area contributed by atoms with Gasteiger partial charge in [0.2, 0.25) is 0 Å². The molecule has 1 aliphatic carbocycles. The van der Waals surface area contributed by atoms with Crippen LogP contribution in [-0.2, 0) is 9.47 Å². The molecule has 1 saturated carbocycles. The zero-order valence-corrected chi connectivity index (χ0v) is 14.9. The highest BCUT2D eigenvalue weighted by atomic mass is 16.5. The van der Waals surface area contributed by atoms with Gasteiger partial charge in [-0.3, -0.25) is 4.99 Å². The molecule has 0 amide bonds. The van der Waals surface area contributed by atoms with Gasteiger partial charge in [-0.25, -0.2) is 0 Å². The average Bonchev–Trinajstić information content (AvgIpc) is 3.28. The molecule has 0 radical (unpaired) electrons. The van der Waals surface area contributed by atoms with Crippen molar-refractivity contribution in [2.45, 2.75) is 64.1 Å². The van der Waals surface area contributed by atoms with E-state index in [0.717, 1.165) is 51.6 Å². The maximum Gasteiger partial charge on any atom is 0.193 e. The molecule has 132 valence electrons. The zero-order valence-electron chi connectivity index (χ0n) is 14.9. The molecule has 5 nitrogen and oxygen atoms in total. The Morgan fingerprint density at radius 2 is 1.96 bits per heavy atom. The van der Waals surface area contributed by atoms with Crippen LogP contribution < -0.4 is 5.32 Å². The van der Waals surface area contributed by atoms with E-state index in [-0.39, 0.29) is 12.2 Å². The van der Waals surface area contributed by atoms with E-state index in [1.165, 1.54) is 32.1 Å². The second kappa shape index (κ2) is 7.84. The van der Waals surface area contributed by atoms with E-state index in [2.05, 4.69) is 22.1 Å². The number of nitrogens with zero attached hydrogens (tertiary/aromatic N) is 2. The highest BCUT2D eigenvalue weighted by Crippen LogP contribution is 2.40. The lowest BCUT2D eigenvalue weighted by Crippen LogP contribution is -2.54. The SMILES string of the molecule is CCC1(CNC(=NC)N2CCOC(C3CCCO3)C2)CCCC1. The van der Waals surface area contributed by atoms with Crippen molar-refractivity contribution >= 4 is 5.96 Å². The minimum atomic E-state index is 0.191. The van der Waals surface area contributed by atoms with Crippen LogP contribution in [0.5, 0.6) is 0 Å². The van der Waals surface area contributed by atoms with Crippen LogP contribution in [-0.4, -0.2) is 63.0 Å². The van der Waals surface area contributed by atoms with Gasteiger partial charge in [0.25, 0.3) is 0 Å². The van der Waals surface area contributed by atoms with Gasteiger partial charge in [0.15, 0.2) is 5.96 Å². The maximum atomic E-state index is 5.96. The van der Waals surface area contributed by atoms with Crippen LogP contribution in [0.3, 0.4) is 0 Å². The molecule has 0 aromatic carbocycles. The highest BCUT2D eigenvalue weighted by molar-refractivity contribution is 5.80. The molecule has 0 aromatic heterocycles. The van der Waals surface area contributed by atoms with Gasteiger partial charge >= 0.3 is 0 Å². The Hall–Kier alpha value is -0.810. The van der Waals surface area contributed by atoms with Crippen molar-refractivity contribution in [3.8, 4) is 0 Å². The third kappa shape index (κ3) is 4.00. The van der Waals surface area contributed by atoms with Crippen LogP contribution >= 0.6 is 0 Å². The Balaban J connectivity index is 1.55. The van der Waals surface area contributed by atoms with Crippen LogP contribution in [0.2, 0.25) is 0 Å². The predicted octanol–water partition coefficient (Wildman–Crippen LogP) is 2.41. The molecular weight excluding hydrogens is 290 g/mol. The number of hydrogen-bond donors (Lipinski definition) is 1. The molecule has 0 bridgehead atoms. The van der Waals surface area contributed by atoms with Crippen molar-refractivity contribution in [2.75, 3.05) is 39.9 Å². The minimum absolute atomic E-state index is 0.191. The van der Waals surface area contributed by atoms with Crippen molar-refractivity contribution in [1.82, 2.24) is 10.2 Å². The fraction of sp³-hybridized carbons (Fsp3) is 0.944. The molecule has 2 aliphatic heterocycles. The Bertz CT molecular complexity index is 401. The van der Waals surface area contributed by atoms with Crippen molar-refractivity contribution in [3.63, 3.8) is 0 Å². The van der Waals surface area contributed by atoms with E-state index in [4.69, 9.17) is 9.47 Å². The van der Waals surface area contributed by atoms with Crippen LogP contribution in [0.1, 0.15) is 51.9 Å². The molecular formula is C18H33N3O2. The zero-order chi connectivity index (χ0) is 16.1. The first-order valence-corrected chi connectivity index (χ1v) is 9.45. The van der Waals surface area contributed by atoms with E-state index in [1.54, 1.807) is 0 Å². The van der Waals surface area contributed by atoms with Gasteiger partial charge in [-0.15, -0.1) is 0 Å². The second-order valence-electron chi connectivity index (χ2n) is 7.37. The van der Waals surface area contributed by atoms with Gasteiger partial charge in [0.1, 0.15) is 6.10 Å². The van der Waals surface area contributed by atoms with Gasteiger partial charge in [-0.2, -0.15) is 0 Å². The van der Waals surface area contributed by atoms with Gasteiger partial charge in [0, 0.05) is 33.3 Å². The molecule has 2 unspecified atom stereocenters. The molecule has 2 atom stereocenters. The Labute approximate surface area is 140 Å². The van der Waals surface area contributed by atoms with E-state index >= 15 is 0 Å². The van der Waals surface area contributed by atoms with Gasteiger partial charge < -0.3 is 19.7 Å². The fourth-order valence-corrected chi connectivity index (χ4v) is 4.37. The largest absolute Gasteiger partial charge is 0.375 e. The molecule has 1 N–H and O–H groups in total. The smallest absolute Gasteiger partial charge is 0.193 e. The maximum absolute atomic E-state index is 5.96. The topological polar surface area (TPSA) is 46.1 Å². The molecule has 0 spiro atoms. The van der Waals surface area contributed by atoms with E-state index < -0.39 is 0 Å². The summed E-state index contributed by atoms with van der Waals surface area (Å²) in [5.74, 6) is 1.04. The monoisotopic (exact) mass is 323 g/mol. The van der Waals surface area contributed by atoms with Crippen LogP contribution in [0, 0.1) is 5.41 Å². The highest BCUT2D eigenvalue weighted by Gasteiger charge is 2.34. The molecule has 5 heteroatoms. The van der Waals surface area contributed by atoms with Crippen molar-refractivity contribution in [1.29, 1.82) is 0 Å². The lowest BCUT2D eigenvalue weighted by Gasteiger charge is -2.38. The summed E-state index contributed by atoms with van der Waals surface area (Å²) in [6.07, 6.45) is 9.49. The standard InChI is InChI=1S/C18H33N3O2/c1-3-18(8-4-5-9-18)14-20-17(19-2)21-10-12-23-16(13-21)15-7-6-11-22-15/h15-16H,3-14H2,1-2H3,(H,19,20). The van der Waals surface area contributed by atoms with Gasteiger partial charge in [-0.1, -0.05) is 19.8 Å². The lowest BCUT2D eigenvalue weighted by molar-refractivity contribution is -0.0817. The molecule has 2 heterocycles. The van der Waals surface area contributed by atoms with Crippen molar-refractivity contribution < 1.29 is 9.47 Å². The first kappa shape index (κ1) is 17.0. The fourth-order valence-electron chi connectivity index (χ4n) is 4.37. The van der Waals surface area contributed by atoms with Crippen LogP contribution in [0.25, 0.3) is 0 Å². The van der Waals surface area contributed by atoms with Crippen LogP contribution in [0.15, 0.2) is 4.99 Å². The summed E-state index contributed by atoms with van der Waals surface area (Å²) >= 11 is 0. The number of hydrogen-bond acceptors (Lipinski definition) is 3. The molecule has 23 heavy (non-hydrogen) atoms. The van der Waals surface area contributed by atoms with E-state index in [1.807, 2.05) is 7.05 Å². The Kier molecular flexibility index (Phi) is 5.81. The van der Waals surface area contributed by atoms with E-state index in [0.29, 0.717) is 5.41 Å². The van der Waals surface area contributed by atoms with Crippen molar-refractivity contribution in [2.24, 2.45) is 10.4 Å². The number of aliphatic imine (C=N–C) groups is 1. The average molecular weight is 323 g/mol. The Morgan fingerprint density at radius 3 is 2.61 bits per heavy atom.